The van der Waals surface area contributed by atoms with Gasteiger partial charge in [0.25, 0.3) is 0 Å². The topological polar surface area (TPSA) is 66.4 Å². The standard InChI is InChI=1S/C15H20ClNO3/c1-10(2)15(3,14(19)20)8-13(18)17-9-11-4-6-12(16)7-5-11/h4-7,10H,8-9H2,1-3H3,(H,17,18)(H,19,20). The van der Waals surface area contributed by atoms with Gasteiger partial charge in [0, 0.05) is 18.0 Å². The lowest BCUT2D eigenvalue weighted by Gasteiger charge is -2.28. The van der Waals surface area contributed by atoms with E-state index in [2.05, 4.69) is 5.32 Å². The Labute approximate surface area is 124 Å². The van der Waals surface area contributed by atoms with Gasteiger partial charge in [-0.15, -0.1) is 0 Å². The van der Waals surface area contributed by atoms with E-state index in [0.717, 1.165) is 5.56 Å². The zero-order valence-electron chi connectivity index (χ0n) is 11.9. The molecule has 0 saturated heterocycles. The summed E-state index contributed by atoms with van der Waals surface area (Å²) < 4.78 is 0. The zero-order valence-corrected chi connectivity index (χ0v) is 12.7. The van der Waals surface area contributed by atoms with Gasteiger partial charge in [-0.3, -0.25) is 9.59 Å². The molecule has 0 saturated carbocycles. The number of amides is 1. The molecule has 5 heteroatoms. The normalized spacial score (nSPS) is 13.8. The number of carboxylic acids is 1. The van der Waals surface area contributed by atoms with E-state index in [1.165, 1.54) is 0 Å². The van der Waals surface area contributed by atoms with Crippen LogP contribution in [0.4, 0.5) is 0 Å². The highest BCUT2D eigenvalue weighted by Gasteiger charge is 2.38. The van der Waals surface area contributed by atoms with E-state index in [-0.39, 0.29) is 18.2 Å². The molecule has 0 aliphatic heterocycles. The van der Waals surface area contributed by atoms with Crippen LogP contribution in [0.15, 0.2) is 24.3 Å². The monoisotopic (exact) mass is 297 g/mol. The van der Waals surface area contributed by atoms with Crippen molar-refractivity contribution in [3.63, 3.8) is 0 Å². The Hall–Kier alpha value is -1.55. The van der Waals surface area contributed by atoms with Crippen molar-refractivity contribution in [2.75, 3.05) is 0 Å². The van der Waals surface area contributed by atoms with Crippen LogP contribution in [-0.4, -0.2) is 17.0 Å². The molecule has 1 unspecified atom stereocenters. The first kappa shape index (κ1) is 16.5. The van der Waals surface area contributed by atoms with Crippen LogP contribution in [0.25, 0.3) is 0 Å². The maximum absolute atomic E-state index is 11.9. The molecule has 0 spiro atoms. The Bertz CT molecular complexity index is 484. The third-order valence-electron chi connectivity index (χ3n) is 3.69. The minimum Gasteiger partial charge on any atom is -0.481 e. The fourth-order valence-electron chi connectivity index (χ4n) is 1.73. The minimum absolute atomic E-state index is 0.0341. The molecule has 0 aliphatic carbocycles. The van der Waals surface area contributed by atoms with Crippen LogP contribution in [0, 0.1) is 11.3 Å². The highest BCUT2D eigenvalue weighted by atomic mass is 35.5. The molecule has 1 amide bonds. The zero-order chi connectivity index (χ0) is 15.3. The summed E-state index contributed by atoms with van der Waals surface area (Å²) in [5.41, 5.74) is -0.131. The average molecular weight is 298 g/mol. The van der Waals surface area contributed by atoms with Gasteiger partial charge in [-0.1, -0.05) is 37.6 Å². The first-order valence-electron chi connectivity index (χ1n) is 6.50. The highest BCUT2D eigenvalue weighted by molar-refractivity contribution is 6.30. The van der Waals surface area contributed by atoms with Crippen molar-refractivity contribution in [3.05, 3.63) is 34.9 Å². The van der Waals surface area contributed by atoms with Crippen molar-refractivity contribution in [3.8, 4) is 0 Å². The molecular weight excluding hydrogens is 278 g/mol. The molecule has 1 rings (SSSR count). The van der Waals surface area contributed by atoms with Crippen molar-refractivity contribution in [2.24, 2.45) is 11.3 Å². The number of rotatable bonds is 6. The van der Waals surface area contributed by atoms with E-state index < -0.39 is 11.4 Å². The van der Waals surface area contributed by atoms with Crippen molar-refractivity contribution < 1.29 is 14.7 Å². The number of halogens is 1. The molecule has 0 aliphatic rings. The number of hydrogen-bond donors (Lipinski definition) is 2. The van der Waals surface area contributed by atoms with Gasteiger partial charge < -0.3 is 10.4 Å². The summed E-state index contributed by atoms with van der Waals surface area (Å²) in [4.78, 5) is 23.2. The predicted molar refractivity (Wildman–Crippen MR) is 78.5 cm³/mol. The van der Waals surface area contributed by atoms with E-state index in [4.69, 9.17) is 11.6 Å². The predicted octanol–water partition coefficient (Wildman–Crippen LogP) is 3.09. The summed E-state index contributed by atoms with van der Waals surface area (Å²) in [6.45, 7) is 5.58. The van der Waals surface area contributed by atoms with Gasteiger partial charge in [-0.2, -0.15) is 0 Å². The second-order valence-corrected chi connectivity index (χ2v) is 5.89. The van der Waals surface area contributed by atoms with Gasteiger partial charge in [-0.05, 0) is 30.5 Å². The molecule has 0 radical (unpaired) electrons. The van der Waals surface area contributed by atoms with Crippen LogP contribution in [0.5, 0.6) is 0 Å². The Morgan fingerprint density at radius 1 is 1.30 bits per heavy atom. The van der Waals surface area contributed by atoms with E-state index in [1.807, 2.05) is 12.1 Å². The van der Waals surface area contributed by atoms with Crippen LogP contribution in [0.3, 0.4) is 0 Å². The molecular formula is C15H20ClNO3. The van der Waals surface area contributed by atoms with E-state index in [1.54, 1.807) is 32.9 Å². The summed E-state index contributed by atoms with van der Waals surface area (Å²) >= 11 is 5.78. The number of carbonyl (C=O) groups excluding carboxylic acids is 1. The van der Waals surface area contributed by atoms with Crippen molar-refractivity contribution in [2.45, 2.75) is 33.7 Å². The van der Waals surface area contributed by atoms with E-state index >= 15 is 0 Å². The van der Waals surface area contributed by atoms with Crippen LogP contribution < -0.4 is 5.32 Å². The summed E-state index contributed by atoms with van der Waals surface area (Å²) in [7, 11) is 0. The second-order valence-electron chi connectivity index (χ2n) is 5.46. The van der Waals surface area contributed by atoms with Gasteiger partial charge in [0.05, 0.1) is 5.41 Å². The van der Waals surface area contributed by atoms with Crippen molar-refractivity contribution in [1.29, 1.82) is 0 Å². The highest BCUT2D eigenvalue weighted by Crippen LogP contribution is 2.31. The number of nitrogens with one attached hydrogen (secondary N) is 1. The summed E-state index contributed by atoms with van der Waals surface area (Å²) in [6, 6.07) is 7.14. The van der Waals surface area contributed by atoms with Crippen molar-refractivity contribution >= 4 is 23.5 Å². The Kier molecular flexibility index (Phi) is 5.57. The minimum atomic E-state index is -1.05. The molecule has 1 aromatic rings. The maximum atomic E-state index is 11.9. The van der Waals surface area contributed by atoms with Crippen LogP contribution in [0.1, 0.15) is 32.8 Å². The smallest absolute Gasteiger partial charge is 0.310 e. The van der Waals surface area contributed by atoms with Gasteiger partial charge in [0.1, 0.15) is 0 Å². The van der Waals surface area contributed by atoms with Gasteiger partial charge in [-0.25, -0.2) is 0 Å². The molecule has 1 aromatic carbocycles. The molecule has 0 heterocycles. The number of aliphatic carboxylic acids is 1. The molecule has 20 heavy (non-hydrogen) atoms. The molecule has 0 fully saturated rings. The quantitative estimate of drug-likeness (QED) is 0.848. The second kappa shape index (κ2) is 6.75. The van der Waals surface area contributed by atoms with Gasteiger partial charge >= 0.3 is 5.97 Å². The number of hydrogen-bond acceptors (Lipinski definition) is 2. The first-order chi connectivity index (χ1) is 9.25. The van der Waals surface area contributed by atoms with Crippen LogP contribution in [-0.2, 0) is 16.1 Å². The summed E-state index contributed by atoms with van der Waals surface area (Å²) in [6.07, 6.45) is -0.0341. The van der Waals surface area contributed by atoms with Gasteiger partial charge in [0.2, 0.25) is 5.91 Å². The Morgan fingerprint density at radius 3 is 2.30 bits per heavy atom. The molecule has 2 N–H and O–H groups in total. The lowest BCUT2D eigenvalue weighted by Crippen LogP contribution is -2.39. The SMILES string of the molecule is CC(C)C(C)(CC(=O)NCc1ccc(Cl)cc1)C(=O)O. The molecule has 1 atom stereocenters. The Morgan fingerprint density at radius 2 is 1.85 bits per heavy atom. The fourth-order valence-corrected chi connectivity index (χ4v) is 1.85. The van der Waals surface area contributed by atoms with Crippen molar-refractivity contribution in [1.82, 2.24) is 5.32 Å². The van der Waals surface area contributed by atoms with E-state index in [9.17, 15) is 14.7 Å². The number of carbonyl (C=O) groups is 2. The average Bonchev–Trinajstić information content (AvgIpc) is 2.37. The maximum Gasteiger partial charge on any atom is 0.310 e. The summed E-state index contributed by atoms with van der Waals surface area (Å²) in [5, 5.41) is 12.6. The third kappa shape index (κ3) is 4.23. The van der Waals surface area contributed by atoms with E-state index in [0.29, 0.717) is 11.6 Å². The molecule has 4 nitrogen and oxygen atoms in total. The Balaban J connectivity index is 2.59. The fraction of sp³-hybridized carbons (Fsp3) is 0.467. The first-order valence-corrected chi connectivity index (χ1v) is 6.88. The van der Waals surface area contributed by atoms with Crippen LogP contribution >= 0.6 is 11.6 Å². The number of benzene rings is 1. The summed E-state index contributed by atoms with van der Waals surface area (Å²) in [5.74, 6) is -1.34. The molecule has 0 bridgehead atoms. The largest absolute Gasteiger partial charge is 0.481 e. The third-order valence-corrected chi connectivity index (χ3v) is 3.95. The number of carboxylic acid groups (broad SMARTS) is 1. The molecule has 0 aromatic heterocycles. The lowest BCUT2D eigenvalue weighted by atomic mass is 9.76. The molecule has 110 valence electrons. The lowest BCUT2D eigenvalue weighted by molar-refractivity contribution is -0.153. The van der Waals surface area contributed by atoms with Crippen LogP contribution in [0.2, 0.25) is 5.02 Å². The van der Waals surface area contributed by atoms with Gasteiger partial charge in [0.15, 0.2) is 0 Å².